The molecule has 4 bridgehead atoms. The van der Waals surface area contributed by atoms with E-state index in [0.29, 0.717) is 0 Å². The summed E-state index contributed by atoms with van der Waals surface area (Å²) in [5.41, 5.74) is 5.89. The van der Waals surface area contributed by atoms with Gasteiger partial charge in [0.05, 0.1) is 0 Å². The van der Waals surface area contributed by atoms with E-state index in [1.54, 1.807) is 32.1 Å². The molecule has 5 aliphatic rings. The minimum atomic E-state index is 0.934. The molecule has 0 aromatic rings. The molecule has 5 fully saturated rings. The normalized spacial score (nSPS) is 49.6. The highest BCUT2D eigenvalue weighted by atomic mass is 14.6. The molecule has 0 amide bonds. The molecule has 0 aromatic heterocycles. The van der Waals surface area contributed by atoms with E-state index in [0.717, 1.165) is 48.0 Å². The third kappa shape index (κ3) is 1.77. The van der Waals surface area contributed by atoms with Crippen LogP contribution in [0.2, 0.25) is 0 Å². The molecule has 0 aliphatic heterocycles. The van der Waals surface area contributed by atoms with Gasteiger partial charge in [0, 0.05) is 0 Å². The van der Waals surface area contributed by atoms with Gasteiger partial charge in [-0.2, -0.15) is 0 Å². The maximum absolute atomic E-state index is 5.89. The number of nitrogens with two attached hydrogens (primary N) is 1. The lowest BCUT2D eigenvalue weighted by Crippen LogP contribution is -2.48. The van der Waals surface area contributed by atoms with Crippen molar-refractivity contribution in [3.8, 4) is 0 Å². The lowest BCUT2D eigenvalue weighted by Gasteiger charge is -2.56. The second-order valence-electron chi connectivity index (χ2n) is 7.59. The first-order valence-corrected chi connectivity index (χ1v) is 8.05. The molecule has 0 spiro atoms. The molecule has 17 heavy (non-hydrogen) atoms. The molecule has 0 radical (unpaired) electrons. The Morgan fingerprint density at radius 1 is 0.882 bits per heavy atom. The zero-order valence-electron chi connectivity index (χ0n) is 11.0. The van der Waals surface area contributed by atoms with Crippen LogP contribution in [-0.4, -0.2) is 6.54 Å². The molecule has 5 rings (SSSR count). The Morgan fingerprint density at radius 3 is 1.94 bits per heavy atom. The van der Waals surface area contributed by atoms with Crippen LogP contribution in [0.15, 0.2) is 0 Å². The lowest BCUT2D eigenvalue weighted by molar-refractivity contribution is -0.0669. The first-order valence-electron chi connectivity index (χ1n) is 8.05. The molecule has 1 unspecified atom stereocenters. The number of hydrogen-bond donors (Lipinski definition) is 1. The van der Waals surface area contributed by atoms with Crippen molar-refractivity contribution in [3.05, 3.63) is 0 Å². The zero-order chi connectivity index (χ0) is 11.4. The molecule has 2 N–H and O–H groups in total. The first-order chi connectivity index (χ1) is 8.35. The monoisotopic (exact) mass is 233 g/mol. The SMILES string of the molecule is NCCC(C1CC1)C1C2CC3CC(C2)CC1C3. The van der Waals surface area contributed by atoms with Crippen molar-refractivity contribution in [3.63, 3.8) is 0 Å². The lowest BCUT2D eigenvalue weighted by atomic mass is 9.49. The molecule has 5 aliphatic carbocycles. The van der Waals surface area contributed by atoms with Crippen molar-refractivity contribution in [1.29, 1.82) is 0 Å². The molecular formula is C16H27N. The van der Waals surface area contributed by atoms with Gasteiger partial charge < -0.3 is 5.73 Å². The molecule has 1 atom stereocenters. The van der Waals surface area contributed by atoms with E-state index in [4.69, 9.17) is 5.73 Å². The summed E-state index contributed by atoms with van der Waals surface area (Å²) in [6.45, 7) is 0.934. The Balaban J connectivity index is 1.56. The van der Waals surface area contributed by atoms with Gasteiger partial charge in [-0.05, 0) is 99.3 Å². The van der Waals surface area contributed by atoms with Crippen molar-refractivity contribution in [2.45, 2.75) is 51.4 Å². The predicted octanol–water partition coefficient (Wildman–Crippen LogP) is 3.43. The maximum atomic E-state index is 5.89. The van der Waals surface area contributed by atoms with Gasteiger partial charge in [-0.1, -0.05) is 0 Å². The van der Waals surface area contributed by atoms with Crippen LogP contribution in [0.25, 0.3) is 0 Å². The third-order valence-corrected chi connectivity index (χ3v) is 6.52. The van der Waals surface area contributed by atoms with Gasteiger partial charge in [0.15, 0.2) is 0 Å². The summed E-state index contributed by atoms with van der Waals surface area (Å²) < 4.78 is 0. The number of hydrogen-bond acceptors (Lipinski definition) is 1. The van der Waals surface area contributed by atoms with E-state index in [1.165, 1.54) is 19.3 Å². The van der Waals surface area contributed by atoms with Crippen LogP contribution in [0.4, 0.5) is 0 Å². The van der Waals surface area contributed by atoms with Crippen LogP contribution in [-0.2, 0) is 0 Å². The average Bonchev–Trinajstić information content (AvgIpc) is 3.10. The molecule has 96 valence electrons. The summed E-state index contributed by atoms with van der Waals surface area (Å²) in [5.74, 6) is 7.69. The second kappa shape index (κ2) is 3.98. The highest BCUT2D eigenvalue weighted by molar-refractivity contribution is 5.02. The Bertz CT molecular complexity index is 266. The highest BCUT2D eigenvalue weighted by Gasteiger charge is 2.52. The van der Waals surface area contributed by atoms with Crippen LogP contribution in [0, 0.1) is 41.4 Å². The fraction of sp³-hybridized carbons (Fsp3) is 1.00. The smallest absolute Gasteiger partial charge is 0.00744 e. The minimum absolute atomic E-state index is 0.934. The summed E-state index contributed by atoms with van der Waals surface area (Å²) in [5, 5.41) is 0. The van der Waals surface area contributed by atoms with Gasteiger partial charge in [-0.15, -0.1) is 0 Å². The second-order valence-corrected chi connectivity index (χ2v) is 7.59. The van der Waals surface area contributed by atoms with Crippen LogP contribution in [0.5, 0.6) is 0 Å². The summed E-state index contributed by atoms with van der Waals surface area (Å²) >= 11 is 0. The Kier molecular flexibility index (Phi) is 2.54. The summed E-state index contributed by atoms with van der Waals surface area (Å²) in [6.07, 6.45) is 12.3. The Morgan fingerprint density at radius 2 is 1.47 bits per heavy atom. The highest BCUT2D eigenvalue weighted by Crippen LogP contribution is 2.61. The maximum Gasteiger partial charge on any atom is -0.00744 e. The standard InChI is InChI=1S/C16H27N/c17-4-3-15(12-1-2-12)16-13-6-10-5-11(8-13)9-14(16)7-10/h10-16H,1-9,17H2. The number of rotatable bonds is 4. The van der Waals surface area contributed by atoms with Crippen LogP contribution >= 0.6 is 0 Å². The first kappa shape index (κ1) is 10.8. The molecule has 1 nitrogen and oxygen atoms in total. The van der Waals surface area contributed by atoms with Crippen molar-refractivity contribution in [1.82, 2.24) is 0 Å². The Labute approximate surface area is 106 Å². The molecule has 0 aromatic carbocycles. The summed E-state index contributed by atoms with van der Waals surface area (Å²) in [4.78, 5) is 0. The van der Waals surface area contributed by atoms with E-state index in [9.17, 15) is 0 Å². The van der Waals surface area contributed by atoms with Crippen molar-refractivity contribution in [2.75, 3.05) is 6.54 Å². The van der Waals surface area contributed by atoms with E-state index >= 15 is 0 Å². The van der Waals surface area contributed by atoms with Gasteiger partial charge in [0.2, 0.25) is 0 Å². The van der Waals surface area contributed by atoms with Gasteiger partial charge in [-0.3, -0.25) is 0 Å². The van der Waals surface area contributed by atoms with E-state index < -0.39 is 0 Å². The average molecular weight is 233 g/mol. The zero-order valence-corrected chi connectivity index (χ0v) is 11.0. The minimum Gasteiger partial charge on any atom is -0.330 e. The van der Waals surface area contributed by atoms with Crippen LogP contribution < -0.4 is 5.73 Å². The summed E-state index contributed by atoms with van der Waals surface area (Å²) in [7, 11) is 0. The molecule has 5 saturated carbocycles. The summed E-state index contributed by atoms with van der Waals surface area (Å²) in [6, 6.07) is 0. The van der Waals surface area contributed by atoms with E-state index in [-0.39, 0.29) is 0 Å². The van der Waals surface area contributed by atoms with E-state index in [1.807, 2.05) is 0 Å². The fourth-order valence-corrected chi connectivity index (χ4v) is 6.13. The van der Waals surface area contributed by atoms with Crippen molar-refractivity contribution in [2.24, 2.45) is 47.2 Å². The quantitative estimate of drug-likeness (QED) is 0.791. The topological polar surface area (TPSA) is 26.0 Å². The van der Waals surface area contributed by atoms with E-state index in [2.05, 4.69) is 0 Å². The van der Waals surface area contributed by atoms with Crippen LogP contribution in [0.3, 0.4) is 0 Å². The molecule has 1 heteroatoms. The van der Waals surface area contributed by atoms with Gasteiger partial charge >= 0.3 is 0 Å². The Hall–Kier alpha value is -0.0400. The van der Waals surface area contributed by atoms with Crippen molar-refractivity contribution < 1.29 is 0 Å². The largest absolute Gasteiger partial charge is 0.330 e. The van der Waals surface area contributed by atoms with Gasteiger partial charge in [0.25, 0.3) is 0 Å². The van der Waals surface area contributed by atoms with Gasteiger partial charge in [0.1, 0.15) is 0 Å². The molecule has 0 saturated heterocycles. The van der Waals surface area contributed by atoms with Crippen LogP contribution in [0.1, 0.15) is 51.4 Å². The van der Waals surface area contributed by atoms with Crippen molar-refractivity contribution >= 4 is 0 Å². The fourth-order valence-electron chi connectivity index (χ4n) is 6.13. The van der Waals surface area contributed by atoms with Gasteiger partial charge in [-0.25, -0.2) is 0 Å². The third-order valence-electron chi connectivity index (χ3n) is 6.52. The molecular weight excluding hydrogens is 206 g/mol. The molecule has 0 heterocycles. The predicted molar refractivity (Wildman–Crippen MR) is 70.4 cm³/mol.